The van der Waals surface area contributed by atoms with E-state index in [0.717, 1.165) is 11.0 Å². The predicted octanol–water partition coefficient (Wildman–Crippen LogP) is 8.65. The van der Waals surface area contributed by atoms with Crippen LogP contribution in [0.4, 0.5) is 0 Å². The Labute approximate surface area is 176 Å². The summed E-state index contributed by atoms with van der Waals surface area (Å²) in [6.07, 6.45) is 26.1. The molecule has 0 unspecified atom stereocenters. The first-order valence-corrected chi connectivity index (χ1v) is 12.2. The summed E-state index contributed by atoms with van der Waals surface area (Å²) < 4.78 is 0.933. The van der Waals surface area contributed by atoms with Gasteiger partial charge in [0, 0.05) is 5.56 Å². The third-order valence-corrected chi connectivity index (χ3v) is 5.67. The number of allylic oxidation sites excluding steroid dienone is 1. The van der Waals surface area contributed by atoms with E-state index in [1.54, 1.807) is 0 Å². The maximum Gasteiger partial charge on any atom is 0.108 e. The van der Waals surface area contributed by atoms with Gasteiger partial charge < -0.3 is 0 Å². The van der Waals surface area contributed by atoms with E-state index < -0.39 is 0 Å². The van der Waals surface area contributed by atoms with Crippen molar-refractivity contribution >= 4 is 0 Å². The van der Waals surface area contributed by atoms with Gasteiger partial charge in [-0.3, -0.25) is 4.48 Å². The average molecular weight is 387 g/mol. The number of rotatable bonds is 18. The second-order valence-electron chi connectivity index (χ2n) is 9.19. The number of quaternary nitrogens is 1. The van der Waals surface area contributed by atoms with Crippen molar-refractivity contribution in [2.24, 2.45) is 0 Å². The molecule has 0 heterocycles. The highest BCUT2D eigenvalue weighted by molar-refractivity contribution is 5.13. The van der Waals surface area contributed by atoms with Crippen molar-refractivity contribution in [2.45, 2.75) is 110 Å². The molecule has 0 aliphatic carbocycles. The van der Waals surface area contributed by atoms with Crippen molar-refractivity contribution in [2.75, 3.05) is 14.1 Å². The van der Waals surface area contributed by atoms with Gasteiger partial charge in [0.1, 0.15) is 6.54 Å². The Morgan fingerprint density at radius 3 is 1.61 bits per heavy atom. The number of hydrogen-bond acceptors (Lipinski definition) is 0. The van der Waals surface area contributed by atoms with Crippen LogP contribution in [0.5, 0.6) is 0 Å². The molecule has 0 aliphatic heterocycles. The summed E-state index contributed by atoms with van der Waals surface area (Å²) >= 11 is 0. The largest absolute Gasteiger partial charge is 0.299 e. The predicted molar refractivity (Wildman–Crippen MR) is 126 cm³/mol. The van der Waals surface area contributed by atoms with E-state index >= 15 is 0 Å². The number of nitrogens with zero attached hydrogens (tertiary/aromatic N) is 1. The molecule has 1 nitrogen and oxygen atoms in total. The van der Waals surface area contributed by atoms with E-state index in [9.17, 15) is 0 Å². The highest BCUT2D eigenvalue weighted by Crippen LogP contribution is 2.14. The minimum Gasteiger partial charge on any atom is -0.299 e. The monoisotopic (exact) mass is 386 g/mol. The summed E-state index contributed by atoms with van der Waals surface area (Å²) in [6, 6.07) is 10.8. The fourth-order valence-electron chi connectivity index (χ4n) is 3.92. The molecule has 0 amide bonds. The molecule has 0 fully saturated rings. The maximum atomic E-state index is 2.39. The van der Waals surface area contributed by atoms with Gasteiger partial charge >= 0.3 is 0 Å². The molecule has 0 N–H and O–H groups in total. The number of unbranched alkanes of at least 4 members (excludes halogenated alkanes) is 14. The van der Waals surface area contributed by atoms with Gasteiger partial charge in [0.2, 0.25) is 0 Å². The van der Waals surface area contributed by atoms with Gasteiger partial charge in [0.05, 0.1) is 20.3 Å². The molecular weight excluding hydrogens is 338 g/mol. The van der Waals surface area contributed by atoms with Crippen molar-refractivity contribution < 1.29 is 4.48 Å². The first kappa shape index (κ1) is 25.0. The van der Waals surface area contributed by atoms with Gasteiger partial charge in [0.25, 0.3) is 0 Å². The number of benzene rings is 1. The Bertz CT molecular complexity index is 474. The molecule has 0 aromatic heterocycles. The van der Waals surface area contributed by atoms with E-state index in [1.807, 2.05) is 0 Å². The molecule has 0 aliphatic rings. The van der Waals surface area contributed by atoms with Crippen LogP contribution in [0.25, 0.3) is 0 Å². The first-order chi connectivity index (χ1) is 13.6. The van der Waals surface area contributed by atoms with Crippen molar-refractivity contribution in [3.63, 3.8) is 0 Å². The van der Waals surface area contributed by atoms with Gasteiger partial charge in [-0.05, 0) is 18.9 Å². The fraction of sp³-hybridized carbons (Fsp3) is 0.704. The molecule has 1 aromatic carbocycles. The molecule has 0 radical (unpaired) electrons. The van der Waals surface area contributed by atoms with Crippen LogP contribution >= 0.6 is 0 Å². The molecule has 0 atom stereocenters. The molecule has 0 spiro atoms. The van der Waals surface area contributed by atoms with Gasteiger partial charge in [0.15, 0.2) is 0 Å². The van der Waals surface area contributed by atoms with E-state index in [4.69, 9.17) is 0 Å². The molecule has 1 aromatic rings. The van der Waals surface area contributed by atoms with E-state index in [0.29, 0.717) is 0 Å². The van der Waals surface area contributed by atoms with Gasteiger partial charge in [-0.2, -0.15) is 0 Å². The summed E-state index contributed by atoms with van der Waals surface area (Å²) in [6.45, 7) is 3.36. The lowest BCUT2D eigenvalue weighted by atomic mass is 10.0. The zero-order valence-corrected chi connectivity index (χ0v) is 19.3. The Balaban J connectivity index is 1.89. The Morgan fingerprint density at radius 2 is 1.11 bits per heavy atom. The lowest BCUT2D eigenvalue weighted by Gasteiger charge is -2.25. The van der Waals surface area contributed by atoms with Crippen molar-refractivity contribution in [3.05, 3.63) is 48.2 Å². The van der Waals surface area contributed by atoms with Crippen LogP contribution in [0.2, 0.25) is 0 Å². The van der Waals surface area contributed by atoms with Crippen LogP contribution in [0.3, 0.4) is 0 Å². The molecule has 0 bridgehead atoms. The minimum absolute atomic E-state index is 0.933. The highest BCUT2D eigenvalue weighted by atomic mass is 15.3. The molecule has 0 saturated heterocycles. The Kier molecular flexibility index (Phi) is 15.0. The zero-order valence-electron chi connectivity index (χ0n) is 19.3. The van der Waals surface area contributed by atoms with Gasteiger partial charge in [-0.25, -0.2) is 0 Å². The van der Waals surface area contributed by atoms with E-state index in [2.05, 4.69) is 63.6 Å². The zero-order chi connectivity index (χ0) is 20.3. The molecule has 0 saturated carbocycles. The first-order valence-electron chi connectivity index (χ1n) is 12.2. The topological polar surface area (TPSA) is 0 Å². The Morgan fingerprint density at radius 1 is 0.643 bits per heavy atom. The highest BCUT2D eigenvalue weighted by Gasteiger charge is 2.11. The second kappa shape index (κ2) is 16.8. The maximum absolute atomic E-state index is 2.39. The SMILES string of the molecule is CCCCCCCCCCCCCCCCC=C[N+](C)(C)Cc1ccccc1. The van der Waals surface area contributed by atoms with Crippen molar-refractivity contribution in [1.29, 1.82) is 0 Å². The summed E-state index contributed by atoms with van der Waals surface area (Å²) in [5.74, 6) is 0. The van der Waals surface area contributed by atoms with E-state index in [1.165, 1.54) is 102 Å². The Hall–Kier alpha value is -1.08. The lowest BCUT2D eigenvalue weighted by molar-refractivity contribution is -0.852. The summed E-state index contributed by atoms with van der Waals surface area (Å²) in [5, 5.41) is 0. The summed E-state index contributed by atoms with van der Waals surface area (Å²) in [4.78, 5) is 0. The third-order valence-electron chi connectivity index (χ3n) is 5.67. The number of hydrogen-bond donors (Lipinski definition) is 0. The molecule has 28 heavy (non-hydrogen) atoms. The third kappa shape index (κ3) is 14.9. The van der Waals surface area contributed by atoms with Crippen LogP contribution in [-0.2, 0) is 6.54 Å². The fourth-order valence-corrected chi connectivity index (χ4v) is 3.92. The minimum atomic E-state index is 0.933. The van der Waals surface area contributed by atoms with E-state index in [-0.39, 0.29) is 0 Å². The van der Waals surface area contributed by atoms with Crippen LogP contribution in [0, 0.1) is 0 Å². The lowest BCUT2D eigenvalue weighted by Crippen LogP contribution is -2.32. The normalized spacial score (nSPS) is 12.1. The summed E-state index contributed by atoms with van der Waals surface area (Å²) in [5.41, 5.74) is 1.41. The van der Waals surface area contributed by atoms with Gasteiger partial charge in [-0.1, -0.05) is 121 Å². The van der Waals surface area contributed by atoms with Gasteiger partial charge in [-0.15, -0.1) is 0 Å². The van der Waals surface area contributed by atoms with Crippen LogP contribution < -0.4 is 0 Å². The van der Waals surface area contributed by atoms with Crippen molar-refractivity contribution in [1.82, 2.24) is 0 Å². The molecule has 1 heteroatoms. The molecule has 160 valence electrons. The molecule has 1 rings (SSSR count). The summed E-state index contributed by atoms with van der Waals surface area (Å²) in [7, 11) is 4.57. The second-order valence-corrected chi connectivity index (χ2v) is 9.19. The van der Waals surface area contributed by atoms with Crippen LogP contribution in [0.1, 0.15) is 109 Å². The quantitative estimate of drug-likeness (QED) is 0.175. The smallest absolute Gasteiger partial charge is 0.108 e. The van der Waals surface area contributed by atoms with Crippen LogP contribution in [-0.4, -0.2) is 18.6 Å². The van der Waals surface area contributed by atoms with Crippen LogP contribution in [0.15, 0.2) is 42.6 Å². The standard InChI is InChI=1S/C27H48N/c1-4-5-6-7-8-9-10-11-12-13-14-15-16-17-18-22-25-28(2,3)26-27-23-20-19-21-24-27/h19-25H,4-18,26H2,1-3H3/q+1. The van der Waals surface area contributed by atoms with Crippen molar-refractivity contribution in [3.8, 4) is 0 Å². The average Bonchev–Trinajstić information content (AvgIpc) is 2.68. The molecular formula is C27H48N+.